The number of carboxylic acid groups (broad SMARTS) is 1. The number of rotatable bonds is 2. The Morgan fingerprint density at radius 2 is 1.59 bits per heavy atom. The zero-order valence-electron chi connectivity index (χ0n) is 8.41. The van der Waals surface area contributed by atoms with E-state index >= 15 is 0 Å². The molecule has 0 amide bonds. The maximum atomic E-state index is 13.3. The lowest BCUT2D eigenvalue weighted by atomic mass is 9.63. The first-order valence-corrected chi connectivity index (χ1v) is 4.83. The van der Waals surface area contributed by atoms with E-state index < -0.39 is 29.7 Å². The van der Waals surface area contributed by atoms with Crippen LogP contribution in [0.2, 0.25) is 0 Å². The molecule has 1 aromatic carbocycles. The molecule has 0 radical (unpaired) electrons. The maximum absolute atomic E-state index is 13.3. The second-order valence-electron chi connectivity index (χ2n) is 3.95. The van der Waals surface area contributed by atoms with Gasteiger partial charge in [-0.2, -0.15) is 17.6 Å². The molecule has 2 nitrogen and oxygen atoms in total. The molecule has 0 saturated heterocycles. The summed E-state index contributed by atoms with van der Waals surface area (Å²) in [6.07, 6.45) is 0. The number of benzene rings is 1. The summed E-state index contributed by atoms with van der Waals surface area (Å²) in [6.45, 7) is 0. The van der Waals surface area contributed by atoms with E-state index in [0.717, 1.165) is 0 Å². The Labute approximate surface area is 93.9 Å². The number of alkyl halides is 4. The van der Waals surface area contributed by atoms with Gasteiger partial charge in [0.15, 0.2) is 0 Å². The van der Waals surface area contributed by atoms with Crippen molar-refractivity contribution in [3.05, 3.63) is 35.9 Å². The van der Waals surface area contributed by atoms with Crippen LogP contribution in [0.4, 0.5) is 17.6 Å². The Balaban J connectivity index is 2.43. The summed E-state index contributed by atoms with van der Waals surface area (Å²) in [7, 11) is 0. The average molecular weight is 248 g/mol. The van der Waals surface area contributed by atoms with Crippen molar-refractivity contribution in [2.45, 2.75) is 17.8 Å². The molecule has 1 aliphatic carbocycles. The Morgan fingerprint density at radius 3 is 2.06 bits per heavy atom. The van der Waals surface area contributed by atoms with Crippen LogP contribution in [0.5, 0.6) is 0 Å². The molecule has 2 unspecified atom stereocenters. The van der Waals surface area contributed by atoms with Crippen molar-refractivity contribution in [1.29, 1.82) is 0 Å². The summed E-state index contributed by atoms with van der Waals surface area (Å²) >= 11 is 0. The van der Waals surface area contributed by atoms with E-state index in [4.69, 9.17) is 5.11 Å². The maximum Gasteiger partial charge on any atom is 0.324 e. The molecule has 0 aromatic heterocycles. The lowest BCUT2D eigenvalue weighted by Crippen LogP contribution is -2.67. The van der Waals surface area contributed by atoms with Crippen molar-refractivity contribution in [2.24, 2.45) is 5.92 Å². The van der Waals surface area contributed by atoms with E-state index in [1.807, 2.05) is 0 Å². The molecule has 1 aliphatic rings. The van der Waals surface area contributed by atoms with Crippen molar-refractivity contribution in [2.75, 3.05) is 0 Å². The van der Waals surface area contributed by atoms with Crippen LogP contribution in [0.1, 0.15) is 11.5 Å². The molecule has 0 spiro atoms. The fraction of sp³-hybridized carbons (Fsp3) is 0.364. The Bertz CT molecular complexity index is 444. The minimum atomic E-state index is -4.50. The van der Waals surface area contributed by atoms with Gasteiger partial charge in [-0.05, 0) is 5.56 Å². The van der Waals surface area contributed by atoms with Crippen LogP contribution in [-0.4, -0.2) is 22.9 Å². The first-order chi connectivity index (χ1) is 7.80. The highest BCUT2D eigenvalue weighted by molar-refractivity contribution is 5.75. The molecule has 1 saturated carbocycles. The fourth-order valence-corrected chi connectivity index (χ4v) is 2.10. The zero-order valence-corrected chi connectivity index (χ0v) is 8.41. The first kappa shape index (κ1) is 11.9. The number of carbonyl (C=O) groups is 1. The number of halogens is 4. The highest BCUT2D eigenvalue weighted by Gasteiger charge is 2.81. The van der Waals surface area contributed by atoms with Crippen molar-refractivity contribution in [3.8, 4) is 0 Å². The Hall–Kier alpha value is -1.59. The summed E-state index contributed by atoms with van der Waals surface area (Å²) in [5, 5.41) is 8.62. The number of hydrogen-bond acceptors (Lipinski definition) is 1. The van der Waals surface area contributed by atoms with E-state index in [1.165, 1.54) is 30.3 Å². The van der Waals surface area contributed by atoms with Gasteiger partial charge in [0.1, 0.15) is 5.92 Å². The molecule has 0 aliphatic heterocycles. The van der Waals surface area contributed by atoms with Gasteiger partial charge in [0.25, 0.3) is 0 Å². The normalized spacial score (nSPS) is 29.4. The van der Waals surface area contributed by atoms with Gasteiger partial charge in [-0.25, -0.2) is 0 Å². The quantitative estimate of drug-likeness (QED) is 0.817. The second kappa shape index (κ2) is 3.45. The average Bonchev–Trinajstić information content (AvgIpc) is 2.25. The van der Waals surface area contributed by atoms with E-state index in [2.05, 4.69) is 0 Å². The lowest BCUT2D eigenvalue weighted by molar-refractivity contribution is -0.324. The number of hydrogen-bond donors (Lipinski definition) is 1. The SMILES string of the molecule is O=C(O)C1C(c2ccccc2)C(F)(F)C1(F)F. The molecule has 6 heteroatoms. The molecule has 17 heavy (non-hydrogen) atoms. The van der Waals surface area contributed by atoms with Crippen LogP contribution in [0.25, 0.3) is 0 Å². The van der Waals surface area contributed by atoms with Crippen LogP contribution in [0.3, 0.4) is 0 Å². The number of aliphatic carboxylic acids is 1. The van der Waals surface area contributed by atoms with Gasteiger partial charge < -0.3 is 5.11 Å². The predicted molar refractivity (Wildman–Crippen MR) is 50.2 cm³/mol. The zero-order chi connectivity index (χ0) is 12.8. The summed E-state index contributed by atoms with van der Waals surface area (Å²) in [5.41, 5.74) is -0.0872. The molecular weight excluding hydrogens is 240 g/mol. The Morgan fingerprint density at radius 1 is 1.06 bits per heavy atom. The van der Waals surface area contributed by atoms with Gasteiger partial charge >= 0.3 is 17.8 Å². The monoisotopic (exact) mass is 248 g/mol. The first-order valence-electron chi connectivity index (χ1n) is 4.83. The smallest absolute Gasteiger partial charge is 0.324 e. The van der Waals surface area contributed by atoms with Gasteiger partial charge in [-0.3, -0.25) is 4.79 Å². The topological polar surface area (TPSA) is 37.3 Å². The summed E-state index contributed by atoms with van der Waals surface area (Å²) in [4.78, 5) is 10.7. The van der Waals surface area contributed by atoms with Gasteiger partial charge in [-0.15, -0.1) is 0 Å². The lowest BCUT2D eigenvalue weighted by Gasteiger charge is -2.48. The third-order valence-corrected chi connectivity index (χ3v) is 2.98. The van der Waals surface area contributed by atoms with Crippen molar-refractivity contribution >= 4 is 5.97 Å². The van der Waals surface area contributed by atoms with E-state index in [0.29, 0.717) is 0 Å². The van der Waals surface area contributed by atoms with Crippen LogP contribution in [0.15, 0.2) is 30.3 Å². The molecular formula is C11H8F4O2. The van der Waals surface area contributed by atoms with Crippen LogP contribution in [-0.2, 0) is 4.79 Å². The second-order valence-corrected chi connectivity index (χ2v) is 3.95. The van der Waals surface area contributed by atoms with Gasteiger partial charge in [0, 0.05) is 0 Å². The van der Waals surface area contributed by atoms with E-state index in [-0.39, 0.29) is 5.56 Å². The standard InChI is InChI=1S/C11H8F4O2/c12-10(13)7(6-4-2-1-3-5-6)8(9(16)17)11(10,14)15/h1-5,7-8H,(H,16,17). The van der Waals surface area contributed by atoms with E-state index in [9.17, 15) is 22.4 Å². The molecule has 92 valence electrons. The predicted octanol–water partition coefficient (Wildman–Crippen LogP) is 2.76. The molecule has 2 rings (SSSR count). The third kappa shape index (κ3) is 1.43. The highest BCUT2D eigenvalue weighted by atomic mass is 19.3. The molecule has 2 atom stereocenters. The fourth-order valence-electron chi connectivity index (χ4n) is 2.10. The van der Waals surface area contributed by atoms with Crippen molar-refractivity contribution in [3.63, 3.8) is 0 Å². The van der Waals surface area contributed by atoms with Crippen LogP contribution in [0, 0.1) is 5.92 Å². The minimum absolute atomic E-state index is 0.0872. The molecule has 1 fully saturated rings. The summed E-state index contributed by atoms with van der Waals surface area (Å²) < 4.78 is 52.6. The van der Waals surface area contributed by atoms with Gasteiger partial charge in [-0.1, -0.05) is 30.3 Å². The molecule has 1 aromatic rings. The minimum Gasteiger partial charge on any atom is -0.481 e. The van der Waals surface area contributed by atoms with Crippen LogP contribution >= 0.6 is 0 Å². The largest absolute Gasteiger partial charge is 0.481 e. The van der Waals surface area contributed by atoms with Crippen molar-refractivity contribution < 1.29 is 27.5 Å². The third-order valence-electron chi connectivity index (χ3n) is 2.98. The highest BCUT2D eigenvalue weighted by Crippen LogP contribution is 2.63. The Kier molecular flexibility index (Phi) is 2.41. The summed E-state index contributed by atoms with van der Waals surface area (Å²) in [5.74, 6) is -15.1. The van der Waals surface area contributed by atoms with Gasteiger partial charge in [0.2, 0.25) is 0 Å². The molecule has 0 heterocycles. The van der Waals surface area contributed by atoms with Crippen LogP contribution < -0.4 is 0 Å². The molecule has 1 N–H and O–H groups in total. The molecule has 0 bridgehead atoms. The van der Waals surface area contributed by atoms with Gasteiger partial charge in [0.05, 0.1) is 5.92 Å². The number of carboxylic acids is 1. The summed E-state index contributed by atoms with van der Waals surface area (Å²) in [6, 6.07) is 6.79. The van der Waals surface area contributed by atoms with E-state index in [1.54, 1.807) is 0 Å². The van der Waals surface area contributed by atoms with Crippen molar-refractivity contribution in [1.82, 2.24) is 0 Å².